The van der Waals surface area contributed by atoms with Gasteiger partial charge in [0.2, 0.25) is 0 Å². The number of nitrogens with one attached hydrogen (secondary N) is 1. The van der Waals surface area contributed by atoms with Crippen molar-refractivity contribution in [1.29, 1.82) is 0 Å². The molecule has 0 bridgehead atoms. The van der Waals surface area contributed by atoms with Crippen molar-refractivity contribution in [2.24, 2.45) is 0 Å². The quantitative estimate of drug-likeness (QED) is 0.529. The molecule has 0 spiro atoms. The van der Waals surface area contributed by atoms with Crippen LogP contribution in [0, 0.1) is 0 Å². The van der Waals surface area contributed by atoms with Crippen LogP contribution in [0.15, 0.2) is 24.3 Å². The number of ether oxygens (including phenoxy) is 3. The Labute approximate surface area is 182 Å². The average Bonchev–Trinajstić information content (AvgIpc) is 3.10. The minimum atomic E-state index is -4.75. The van der Waals surface area contributed by atoms with Crippen LogP contribution in [0.5, 0.6) is 5.75 Å². The topological polar surface area (TPSA) is 80.3 Å². The van der Waals surface area contributed by atoms with Crippen LogP contribution >= 0.6 is 12.2 Å². The average molecular weight is 461 g/mol. The summed E-state index contributed by atoms with van der Waals surface area (Å²) in [7, 11) is 0. The molecule has 1 aromatic carbocycles. The summed E-state index contributed by atoms with van der Waals surface area (Å²) in [5.74, 6) is -0.802. The number of hydrogen-bond donors (Lipinski definition) is 1. The molecular weight excluding hydrogens is 439 g/mol. The maximum absolute atomic E-state index is 12.2. The van der Waals surface area contributed by atoms with E-state index in [1.807, 2.05) is 4.90 Å². The van der Waals surface area contributed by atoms with E-state index in [1.54, 1.807) is 6.92 Å². The van der Waals surface area contributed by atoms with Crippen LogP contribution in [-0.4, -0.2) is 71.7 Å². The van der Waals surface area contributed by atoms with Gasteiger partial charge in [-0.15, -0.1) is 13.2 Å². The van der Waals surface area contributed by atoms with E-state index in [0.29, 0.717) is 36.7 Å². The van der Waals surface area contributed by atoms with Gasteiger partial charge < -0.3 is 24.4 Å². The summed E-state index contributed by atoms with van der Waals surface area (Å²) in [5, 5.41) is 3.39. The van der Waals surface area contributed by atoms with Crippen molar-refractivity contribution in [2.75, 3.05) is 31.6 Å². The predicted molar refractivity (Wildman–Crippen MR) is 108 cm³/mol. The molecular formula is C19H22F3N3O5S. The number of nitrogens with zero attached hydrogens (tertiary/aromatic N) is 2. The first-order valence-corrected chi connectivity index (χ1v) is 10.1. The van der Waals surface area contributed by atoms with Gasteiger partial charge in [0.1, 0.15) is 12.4 Å². The predicted octanol–water partition coefficient (Wildman–Crippen LogP) is 3.13. The Morgan fingerprint density at radius 3 is 2.48 bits per heavy atom. The van der Waals surface area contributed by atoms with Crippen molar-refractivity contribution in [3.63, 3.8) is 0 Å². The number of carbonyl (C=O) groups is 2. The number of alkyl halides is 3. The second-order valence-electron chi connectivity index (χ2n) is 6.97. The minimum absolute atomic E-state index is 0.0219. The van der Waals surface area contributed by atoms with Gasteiger partial charge in [0.05, 0.1) is 6.61 Å². The maximum atomic E-state index is 12.2. The molecule has 8 nitrogen and oxygen atoms in total. The number of cyclic esters (lactones) is 1. The number of hydrogen-bond acceptors (Lipinski definition) is 6. The van der Waals surface area contributed by atoms with Crippen LogP contribution in [0.4, 0.5) is 23.7 Å². The summed E-state index contributed by atoms with van der Waals surface area (Å²) in [6.45, 7) is 2.96. The number of thiocarbonyl (C=S) groups is 1. The van der Waals surface area contributed by atoms with Gasteiger partial charge in [0.25, 0.3) is 0 Å². The normalized spacial score (nSPS) is 19.7. The lowest BCUT2D eigenvalue weighted by atomic mass is 10.0. The number of likely N-dealkylation sites (tertiary alicyclic amines) is 1. The lowest BCUT2D eigenvalue weighted by Gasteiger charge is -2.38. The summed E-state index contributed by atoms with van der Waals surface area (Å²) in [4.78, 5) is 27.6. The van der Waals surface area contributed by atoms with Crippen LogP contribution in [0.25, 0.3) is 0 Å². The monoisotopic (exact) mass is 461 g/mol. The fraction of sp³-hybridized carbons (Fsp3) is 0.526. The number of rotatable bonds is 5. The summed E-state index contributed by atoms with van der Waals surface area (Å²) in [6, 6.07) is 4.33. The largest absolute Gasteiger partial charge is 0.573 e. The van der Waals surface area contributed by atoms with Crippen molar-refractivity contribution in [2.45, 2.75) is 38.2 Å². The first kappa shape index (κ1) is 22.9. The first-order valence-electron chi connectivity index (χ1n) is 9.71. The molecule has 2 aliphatic rings. The highest BCUT2D eigenvalue weighted by Crippen LogP contribution is 2.26. The van der Waals surface area contributed by atoms with Gasteiger partial charge in [-0.2, -0.15) is 0 Å². The Balaban J connectivity index is 1.52. The zero-order valence-corrected chi connectivity index (χ0v) is 17.5. The third-order valence-corrected chi connectivity index (χ3v) is 5.31. The molecule has 12 heteroatoms. The van der Waals surface area contributed by atoms with Crippen LogP contribution in [0.1, 0.15) is 19.8 Å². The fourth-order valence-corrected chi connectivity index (χ4v) is 3.85. The Hall–Kier alpha value is -2.76. The van der Waals surface area contributed by atoms with Crippen molar-refractivity contribution in [3.8, 4) is 5.75 Å². The van der Waals surface area contributed by atoms with Crippen molar-refractivity contribution < 1.29 is 37.0 Å². The molecule has 2 aliphatic heterocycles. The van der Waals surface area contributed by atoms with Crippen molar-refractivity contribution >= 4 is 35.1 Å². The van der Waals surface area contributed by atoms with Crippen LogP contribution in [0.3, 0.4) is 0 Å². The number of anilines is 1. The molecule has 0 radical (unpaired) electrons. The van der Waals surface area contributed by atoms with E-state index in [0.717, 1.165) is 0 Å². The molecule has 170 valence electrons. The van der Waals surface area contributed by atoms with Crippen molar-refractivity contribution in [3.05, 3.63) is 24.3 Å². The third-order valence-electron chi connectivity index (χ3n) is 4.95. The van der Waals surface area contributed by atoms with E-state index in [-0.39, 0.29) is 25.0 Å². The number of piperidine rings is 1. The van der Waals surface area contributed by atoms with Gasteiger partial charge in [-0.3, -0.25) is 4.90 Å². The van der Waals surface area contributed by atoms with Gasteiger partial charge in [0, 0.05) is 24.8 Å². The summed E-state index contributed by atoms with van der Waals surface area (Å²) in [6.07, 6.45) is -4.13. The highest BCUT2D eigenvalue weighted by atomic mass is 32.1. The zero-order chi connectivity index (χ0) is 22.6. The second kappa shape index (κ2) is 9.58. The standard InChI is InChI=1S/C19H22F3N3O5S/c1-2-28-16(26)15-11-29-18(27)25(15)13-7-9-24(10-8-13)17(31)23-12-3-5-14(6-4-12)30-19(20,21)22/h3-6,13,15H,2,7-11H2,1H3,(H,23,31). The molecule has 0 saturated carbocycles. The second-order valence-corrected chi connectivity index (χ2v) is 7.36. The Bertz CT molecular complexity index is 813. The number of amides is 1. The summed E-state index contributed by atoms with van der Waals surface area (Å²) < 4.78 is 50.7. The lowest BCUT2D eigenvalue weighted by Crippen LogP contribution is -2.52. The molecule has 1 aromatic rings. The molecule has 1 amide bonds. The van der Waals surface area contributed by atoms with Gasteiger partial charge >= 0.3 is 18.4 Å². The minimum Gasteiger partial charge on any atom is -0.464 e. The smallest absolute Gasteiger partial charge is 0.464 e. The number of benzene rings is 1. The third kappa shape index (κ3) is 5.90. The molecule has 1 atom stereocenters. The Kier molecular flexibility index (Phi) is 7.08. The van der Waals surface area contributed by atoms with E-state index in [9.17, 15) is 22.8 Å². The number of halogens is 3. The van der Waals surface area contributed by atoms with Gasteiger partial charge in [-0.05, 0) is 56.2 Å². The van der Waals surface area contributed by atoms with Gasteiger partial charge in [0.15, 0.2) is 11.2 Å². The zero-order valence-electron chi connectivity index (χ0n) is 16.7. The number of esters is 1. The lowest BCUT2D eigenvalue weighted by molar-refractivity contribution is -0.274. The van der Waals surface area contributed by atoms with E-state index < -0.39 is 24.5 Å². The van der Waals surface area contributed by atoms with E-state index in [1.165, 1.54) is 29.2 Å². The number of carbonyl (C=O) groups excluding carboxylic acids is 2. The van der Waals surface area contributed by atoms with E-state index >= 15 is 0 Å². The molecule has 1 unspecified atom stereocenters. The molecule has 0 aliphatic carbocycles. The highest BCUT2D eigenvalue weighted by molar-refractivity contribution is 7.80. The molecule has 31 heavy (non-hydrogen) atoms. The van der Waals surface area contributed by atoms with Gasteiger partial charge in [-0.25, -0.2) is 9.59 Å². The fourth-order valence-electron chi connectivity index (χ4n) is 3.55. The van der Waals surface area contributed by atoms with E-state index in [2.05, 4.69) is 10.1 Å². The SMILES string of the molecule is CCOC(=O)C1COC(=O)N1C1CCN(C(=S)Nc2ccc(OC(F)(F)F)cc2)CC1. The molecule has 2 saturated heterocycles. The van der Waals surface area contributed by atoms with Crippen LogP contribution in [0.2, 0.25) is 0 Å². The van der Waals surface area contributed by atoms with Crippen molar-refractivity contribution in [1.82, 2.24) is 9.80 Å². The van der Waals surface area contributed by atoms with Gasteiger partial charge in [-0.1, -0.05) is 0 Å². The van der Waals surface area contributed by atoms with Crippen LogP contribution < -0.4 is 10.1 Å². The highest BCUT2D eigenvalue weighted by Gasteiger charge is 2.44. The molecule has 0 aromatic heterocycles. The van der Waals surface area contributed by atoms with E-state index in [4.69, 9.17) is 21.7 Å². The molecule has 2 fully saturated rings. The molecule has 3 rings (SSSR count). The maximum Gasteiger partial charge on any atom is 0.573 e. The molecule has 1 N–H and O–H groups in total. The summed E-state index contributed by atoms with van der Waals surface area (Å²) in [5.41, 5.74) is 0.521. The first-order chi connectivity index (χ1) is 14.7. The Morgan fingerprint density at radius 1 is 1.26 bits per heavy atom. The van der Waals surface area contributed by atoms with Crippen LogP contribution in [-0.2, 0) is 14.3 Å². The Morgan fingerprint density at radius 2 is 1.90 bits per heavy atom. The molecule has 2 heterocycles. The summed E-state index contributed by atoms with van der Waals surface area (Å²) >= 11 is 5.40.